The van der Waals surface area contributed by atoms with Crippen molar-refractivity contribution >= 4 is 19.8 Å². The molecule has 9 nitrogen and oxygen atoms in total. The molecule has 0 aromatic heterocycles. The number of carbonyl (C=O) groups excluding carboxylic acids is 2. The molecule has 0 amide bonds. The molecule has 0 heterocycles. The molecule has 0 saturated carbocycles. The number of phosphoric acid groups is 1. The lowest BCUT2D eigenvalue weighted by Crippen LogP contribution is -2.37. The Morgan fingerprint density at radius 1 is 0.561 bits per heavy atom. The number of hydrogen-bond acceptors (Lipinski definition) is 8. The molecule has 57 heavy (non-hydrogen) atoms. The van der Waals surface area contributed by atoms with Crippen molar-refractivity contribution in [2.24, 2.45) is 0 Å². The van der Waals surface area contributed by atoms with E-state index < -0.39 is 32.5 Å². The van der Waals surface area contributed by atoms with Crippen molar-refractivity contribution in [3.8, 4) is 0 Å². The molecule has 0 rings (SSSR count). The summed E-state index contributed by atoms with van der Waals surface area (Å²) < 4.78 is 33.8. The summed E-state index contributed by atoms with van der Waals surface area (Å²) in [5.41, 5.74) is 0. The predicted octanol–water partition coefficient (Wildman–Crippen LogP) is 11.8. The van der Waals surface area contributed by atoms with Gasteiger partial charge in [-0.15, -0.1) is 0 Å². The van der Waals surface area contributed by atoms with Crippen LogP contribution in [0.25, 0.3) is 0 Å². The number of unbranched alkanes of at least 4 members (excludes halogenated alkanes) is 10. The molecule has 0 aliphatic rings. The average Bonchev–Trinajstić information content (AvgIpc) is 3.16. The van der Waals surface area contributed by atoms with Crippen LogP contribution in [-0.2, 0) is 32.7 Å². The minimum Gasteiger partial charge on any atom is -0.756 e. The summed E-state index contributed by atoms with van der Waals surface area (Å²) in [6.07, 6.45) is 49.1. The van der Waals surface area contributed by atoms with E-state index in [0.717, 1.165) is 70.6 Å². The fraction of sp³-hybridized carbons (Fsp3) is 0.660. The molecule has 2 atom stereocenters. The maximum Gasteiger partial charge on any atom is 0.306 e. The molecule has 0 aromatic rings. The number of carbonyl (C=O) groups is 2. The third kappa shape index (κ3) is 42.6. The van der Waals surface area contributed by atoms with Crippen LogP contribution in [0, 0.1) is 0 Å². The highest BCUT2D eigenvalue weighted by molar-refractivity contribution is 7.45. The first kappa shape index (κ1) is 54.2. The second-order valence-electron chi connectivity index (χ2n) is 15.3. The van der Waals surface area contributed by atoms with Gasteiger partial charge in [-0.05, 0) is 77.0 Å². The van der Waals surface area contributed by atoms with Crippen molar-refractivity contribution < 1.29 is 42.1 Å². The number of esters is 2. The highest BCUT2D eigenvalue weighted by atomic mass is 31.2. The van der Waals surface area contributed by atoms with Gasteiger partial charge in [0.15, 0.2) is 6.10 Å². The van der Waals surface area contributed by atoms with Gasteiger partial charge in [-0.2, -0.15) is 0 Å². The van der Waals surface area contributed by atoms with Crippen LogP contribution in [0.5, 0.6) is 0 Å². The van der Waals surface area contributed by atoms with Crippen LogP contribution in [0.15, 0.2) is 85.1 Å². The number of rotatable bonds is 38. The van der Waals surface area contributed by atoms with E-state index in [0.29, 0.717) is 23.9 Å². The Hall–Kier alpha value is -2.81. The first-order chi connectivity index (χ1) is 27.5. The van der Waals surface area contributed by atoms with Crippen LogP contribution in [0.2, 0.25) is 0 Å². The molecular weight excluding hydrogens is 737 g/mol. The summed E-state index contributed by atoms with van der Waals surface area (Å²) in [5, 5.41) is 0. The molecule has 0 saturated heterocycles. The van der Waals surface area contributed by atoms with Crippen molar-refractivity contribution in [1.82, 2.24) is 0 Å². The molecular formula is C47H80NO8P. The summed E-state index contributed by atoms with van der Waals surface area (Å²) in [4.78, 5) is 37.5. The zero-order valence-corrected chi connectivity index (χ0v) is 37.4. The monoisotopic (exact) mass is 818 g/mol. The van der Waals surface area contributed by atoms with Gasteiger partial charge >= 0.3 is 11.9 Å². The summed E-state index contributed by atoms with van der Waals surface area (Å²) in [6.45, 7) is 3.98. The van der Waals surface area contributed by atoms with E-state index >= 15 is 0 Å². The second-order valence-corrected chi connectivity index (χ2v) is 16.7. The van der Waals surface area contributed by atoms with E-state index in [4.69, 9.17) is 18.5 Å². The Kier molecular flexibility index (Phi) is 36.8. The van der Waals surface area contributed by atoms with Crippen molar-refractivity contribution in [3.63, 3.8) is 0 Å². The van der Waals surface area contributed by atoms with Gasteiger partial charge in [0, 0.05) is 12.8 Å². The van der Waals surface area contributed by atoms with Crippen molar-refractivity contribution in [2.75, 3.05) is 47.5 Å². The van der Waals surface area contributed by atoms with Crippen LogP contribution < -0.4 is 4.89 Å². The highest BCUT2D eigenvalue weighted by Gasteiger charge is 2.21. The van der Waals surface area contributed by atoms with E-state index in [1.165, 1.54) is 38.5 Å². The SMILES string of the molecule is CC/C=C\C/C=C\C/C=C\C/C=C\C/C=C\C/C=C\CCC(=O)OC(COC(=O)CCCCCCC/C=C\CCCCCCC)COP(=O)([O-])OCC[N+](C)(C)C. The molecule has 0 spiro atoms. The van der Waals surface area contributed by atoms with Crippen molar-refractivity contribution in [2.45, 2.75) is 155 Å². The second kappa shape index (κ2) is 38.7. The zero-order chi connectivity index (χ0) is 42.1. The maximum absolute atomic E-state index is 12.6. The van der Waals surface area contributed by atoms with E-state index in [2.05, 4.69) is 86.8 Å². The zero-order valence-electron chi connectivity index (χ0n) is 36.5. The number of quaternary nitrogens is 1. The largest absolute Gasteiger partial charge is 0.756 e. The standard InChI is InChI=1S/C47H80NO8P/c1-6-8-10-12-14-16-18-20-22-23-24-25-26-28-30-32-34-36-38-40-47(50)56-45(44-55-57(51,52)54-42-41-48(3,4)5)43-53-46(49)39-37-35-33-31-29-27-21-19-17-15-13-11-9-7-2/h8,10,14,16,19-22,24-25,28,30,34,36,45H,6-7,9,11-13,15,17-18,23,26-27,29,31-33,35,37-44H2,1-5H3/b10-8-,16-14-,21-19-,22-20-,25-24-,30-28-,36-34-. The molecule has 0 aliphatic heterocycles. The first-order valence-corrected chi connectivity index (χ1v) is 23.3. The topological polar surface area (TPSA) is 111 Å². The van der Waals surface area contributed by atoms with Gasteiger partial charge in [-0.25, -0.2) is 0 Å². The van der Waals surface area contributed by atoms with Crippen LogP contribution in [0.3, 0.4) is 0 Å². The molecule has 0 aliphatic carbocycles. The molecule has 0 bridgehead atoms. The lowest BCUT2D eigenvalue weighted by atomic mass is 10.1. The maximum atomic E-state index is 12.6. The number of phosphoric ester groups is 1. The Labute approximate surface area is 348 Å². The van der Waals surface area contributed by atoms with Gasteiger partial charge in [-0.1, -0.05) is 144 Å². The highest BCUT2D eigenvalue weighted by Crippen LogP contribution is 2.38. The Balaban J connectivity index is 4.53. The molecule has 10 heteroatoms. The molecule has 2 unspecified atom stereocenters. The smallest absolute Gasteiger partial charge is 0.306 e. The van der Waals surface area contributed by atoms with Gasteiger partial charge in [0.05, 0.1) is 27.7 Å². The van der Waals surface area contributed by atoms with Gasteiger partial charge in [0.1, 0.15) is 19.8 Å². The third-order valence-electron chi connectivity index (χ3n) is 8.66. The number of allylic oxidation sites excluding steroid dienone is 14. The van der Waals surface area contributed by atoms with E-state index in [1.54, 1.807) is 0 Å². The molecule has 0 fully saturated rings. The van der Waals surface area contributed by atoms with Gasteiger partial charge in [0.2, 0.25) is 0 Å². The van der Waals surface area contributed by atoms with Crippen LogP contribution in [-0.4, -0.2) is 70.0 Å². The number of ether oxygens (including phenoxy) is 2. The van der Waals surface area contributed by atoms with E-state index in [1.807, 2.05) is 33.3 Å². The van der Waals surface area contributed by atoms with Gasteiger partial charge < -0.3 is 27.9 Å². The summed E-state index contributed by atoms with van der Waals surface area (Å²) in [5.74, 6) is -0.951. The molecule has 0 aromatic carbocycles. The van der Waals surface area contributed by atoms with Crippen LogP contribution in [0.1, 0.15) is 149 Å². The predicted molar refractivity (Wildman–Crippen MR) is 236 cm³/mol. The van der Waals surface area contributed by atoms with Crippen LogP contribution >= 0.6 is 7.82 Å². The minimum atomic E-state index is -4.65. The summed E-state index contributed by atoms with van der Waals surface area (Å²) in [7, 11) is 1.10. The quantitative estimate of drug-likeness (QED) is 0.0199. The lowest BCUT2D eigenvalue weighted by molar-refractivity contribution is -0.870. The fourth-order valence-corrected chi connectivity index (χ4v) is 5.99. The fourth-order valence-electron chi connectivity index (χ4n) is 5.26. The average molecular weight is 818 g/mol. The normalized spacial score (nSPS) is 14.4. The third-order valence-corrected chi connectivity index (χ3v) is 9.63. The van der Waals surface area contributed by atoms with Crippen LogP contribution in [0.4, 0.5) is 0 Å². The summed E-state index contributed by atoms with van der Waals surface area (Å²) >= 11 is 0. The van der Waals surface area contributed by atoms with Gasteiger partial charge in [0.25, 0.3) is 7.82 Å². The van der Waals surface area contributed by atoms with Gasteiger partial charge in [-0.3, -0.25) is 14.2 Å². The molecule has 326 valence electrons. The number of likely N-dealkylation sites (N-methyl/N-ethyl adjacent to an activating group) is 1. The lowest BCUT2D eigenvalue weighted by Gasteiger charge is -2.28. The van der Waals surface area contributed by atoms with Crippen molar-refractivity contribution in [1.29, 1.82) is 0 Å². The number of hydrogen-bond donors (Lipinski definition) is 0. The first-order valence-electron chi connectivity index (χ1n) is 21.8. The Bertz CT molecular complexity index is 1240. The molecule has 0 N–H and O–H groups in total. The van der Waals surface area contributed by atoms with Crippen molar-refractivity contribution in [3.05, 3.63) is 85.1 Å². The van der Waals surface area contributed by atoms with E-state index in [9.17, 15) is 19.0 Å². The Morgan fingerprint density at radius 3 is 1.56 bits per heavy atom. The summed E-state index contributed by atoms with van der Waals surface area (Å²) in [6, 6.07) is 0. The minimum absolute atomic E-state index is 0.0500. The molecule has 0 radical (unpaired) electrons. The van der Waals surface area contributed by atoms with E-state index in [-0.39, 0.29) is 26.1 Å². The number of nitrogens with zero attached hydrogens (tertiary/aromatic N) is 1. The Morgan fingerprint density at radius 2 is 1.04 bits per heavy atom.